The number of halogens is 4. The van der Waals surface area contributed by atoms with Gasteiger partial charge in [-0.2, -0.15) is 0 Å². The summed E-state index contributed by atoms with van der Waals surface area (Å²) in [5, 5.41) is 0. The van der Waals surface area contributed by atoms with Gasteiger partial charge in [0, 0.05) is 0 Å². The van der Waals surface area contributed by atoms with Crippen molar-refractivity contribution in [3.05, 3.63) is 0 Å². The molecule has 12 heteroatoms. The Bertz CT molecular complexity index is 213. The molecular formula is C4H12Cl4O4Si4. The maximum atomic E-state index is 6.12. The minimum atomic E-state index is -2.96. The molecule has 0 aliphatic carbocycles. The van der Waals surface area contributed by atoms with Gasteiger partial charge in [0.2, 0.25) is 0 Å². The smallest absolute Gasteiger partial charge is 0.392 e. The first-order chi connectivity index (χ1) is 6.83. The van der Waals surface area contributed by atoms with Crippen LogP contribution >= 0.6 is 44.3 Å². The van der Waals surface area contributed by atoms with E-state index in [1.54, 1.807) is 26.2 Å². The van der Waals surface area contributed by atoms with Crippen molar-refractivity contribution in [2.24, 2.45) is 0 Å². The Morgan fingerprint density at radius 1 is 0.500 bits per heavy atom. The lowest BCUT2D eigenvalue weighted by atomic mass is 11.9. The first kappa shape index (κ1) is 15.9. The van der Waals surface area contributed by atoms with E-state index >= 15 is 0 Å². The SMILES string of the molecule is C[Si]1(Cl)O[Si](C)(Cl)O[Si](C)(Cl)O[Si](C)(Cl)O1. The molecule has 0 N–H and O–H groups in total. The van der Waals surface area contributed by atoms with Crippen LogP contribution in [0, 0.1) is 0 Å². The Labute approximate surface area is 118 Å². The van der Waals surface area contributed by atoms with Gasteiger partial charge in [0.05, 0.1) is 0 Å². The Morgan fingerprint density at radius 3 is 0.750 bits per heavy atom. The van der Waals surface area contributed by atoms with Gasteiger partial charge in [-0.05, 0) is 26.2 Å². The average Bonchev–Trinajstić information content (AvgIpc) is 1.67. The summed E-state index contributed by atoms with van der Waals surface area (Å²) >= 11 is 24.5. The molecule has 4 nitrogen and oxygen atoms in total. The molecular weight excluding hydrogens is 366 g/mol. The normalized spacial score (nSPS) is 55.5. The van der Waals surface area contributed by atoms with E-state index in [2.05, 4.69) is 0 Å². The largest absolute Gasteiger partial charge is 0.423 e. The van der Waals surface area contributed by atoms with Gasteiger partial charge < -0.3 is 16.5 Å². The molecule has 96 valence electrons. The third-order valence-corrected chi connectivity index (χ3v) is 18.7. The van der Waals surface area contributed by atoms with E-state index < -0.39 is 31.5 Å². The molecule has 0 aromatic rings. The zero-order valence-corrected chi connectivity index (χ0v) is 16.2. The van der Waals surface area contributed by atoms with E-state index in [4.69, 9.17) is 60.8 Å². The summed E-state index contributed by atoms with van der Waals surface area (Å²) in [6.07, 6.45) is 0. The Kier molecular flexibility index (Phi) is 4.74. The summed E-state index contributed by atoms with van der Waals surface area (Å²) in [5.74, 6) is 0. The fraction of sp³-hybridized carbons (Fsp3) is 1.00. The van der Waals surface area contributed by atoms with E-state index in [0.717, 1.165) is 0 Å². The van der Waals surface area contributed by atoms with Gasteiger partial charge in [-0.1, -0.05) is 0 Å². The summed E-state index contributed by atoms with van der Waals surface area (Å²) < 4.78 is 22.1. The molecule has 0 radical (unpaired) electrons. The van der Waals surface area contributed by atoms with Crippen LogP contribution in [-0.4, -0.2) is 31.5 Å². The second-order valence-electron chi connectivity index (χ2n) is 3.75. The van der Waals surface area contributed by atoms with Crippen LogP contribution in [0.5, 0.6) is 0 Å². The van der Waals surface area contributed by atoms with Crippen LogP contribution in [0.15, 0.2) is 0 Å². The molecule has 0 aromatic heterocycles. The highest BCUT2D eigenvalue weighted by Crippen LogP contribution is 2.36. The van der Waals surface area contributed by atoms with Crippen molar-refractivity contribution < 1.29 is 16.5 Å². The van der Waals surface area contributed by atoms with E-state index in [9.17, 15) is 0 Å². The van der Waals surface area contributed by atoms with Crippen LogP contribution in [-0.2, 0) is 16.5 Å². The Hall–Kier alpha value is 1.87. The second-order valence-corrected chi connectivity index (χ2v) is 21.9. The van der Waals surface area contributed by atoms with Crippen LogP contribution in [0.2, 0.25) is 26.2 Å². The number of hydrogen-bond acceptors (Lipinski definition) is 4. The first-order valence-corrected chi connectivity index (χ1v) is 17.7. The molecule has 1 rings (SSSR count). The third kappa shape index (κ3) is 5.24. The minimum absolute atomic E-state index is 1.63. The van der Waals surface area contributed by atoms with Gasteiger partial charge in [0.25, 0.3) is 0 Å². The Morgan fingerprint density at radius 2 is 0.625 bits per heavy atom. The molecule has 1 aliphatic rings. The maximum Gasteiger partial charge on any atom is 0.423 e. The molecule has 0 unspecified atom stereocenters. The maximum absolute atomic E-state index is 6.12. The molecule has 0 atom stereocenters. The van der Waals surface area contributed by atoms with Crippen molar-refractivity contribution in [3.8, 4) is 0 Å². The fourth-order valence-electron chi connectivity index (χ4n) is 1.39. The van der Waals surface area contributed by atoms with Crippen LogP contribution < -0.4 is 0 Å². The van der Waals surface area contributed by atoms with Crippen molar-refractivity contribution in [1.29, 1.82) is 0 Å². The highest BCUT2D eigenvalue weighted by molar-refractivity contribution is 7.31. The summed E-state index contributed by atoms with van der Waals surface area (Å²) in [6, 6.07) is 0. The van der Waals surface area contributed by atoms with Crippen LogP contribution in [0.4, 0.5) is 0 Å². The number of hydrogen-bond donors (Lipinski definition) is 0. The van der Waals surface area contributed by atoms with Gasteiger partial charge in [-0.3, -0.25) is 0 Å². The molecule has 0 aromatic carbocycles. The van der Waals surface area contributed by atoms with E-state index in [1.165, 1.54) is 0 Å². The quantitative estimate of drug-likeness (QED) is 0.479. The van der Waals surface area contributed by atoms with E-state index in [0.29, 0.717) is 0 Å². The predicted octanol–water partition coefficient (Wildman–Crippen LogP) is 3.30. The molecule has 1 aliphatic heterocycles. The standard InChI is InChI=1S/C4H12Cl4O4Si4/c1-13(5)9-14(2,6)11-16(4,8)12-15(3,7)10-13/h1-4H3. The van der Waals surface area contributed by atoms with Gasteiger partial charge in [0.15, 0.2) is 0 Å². The van der Waals surface area contributed by atoms with Gasteiger partial charge in [-0.15, -0.1) is 44.3 Å². The van der Waals surface area contributed by atoms with E-state index in [-0.39, 0.29) is 0 Å². The third-order valence-electron chi connectivity index (χ3n) is 1.46. The summed E-state index contributed by atoms with van der Waals surface area (Å²) in [6.45, 7) is 6.50. The number of rotatable bonds is 0. The van der Waals surface area contributed by atoms with Crippen LogP contribution in [0.3, 0.4) is 0 Å². The van der Waals surface area contributed by atoms with Crippen molar-refractivity contribution in [1.82, 2.24) is 0 Å². The zero-order valence-electron chi connectivity index (χ0n) is 9.14. The van der Waals surface area contributed by atoms with Gasteiger partial charge in [-0.25, -0.2) is 0 Å². The first-order valence-electron chi connectivity index (χ1n) is 4.39. The van der Waals surface area contributed by atoms with Crippen LogP contribution in [0.25, 0.3) is 0 Å². The molecule has 1 fully saturated rings. The highest BCUT2D eigenvalue weighted by Gasteiger charge is 2.56. The summed E-state index contributed by atoms with van der Waals surface area (Å²) in [7, 11) is -11.8. The monoisotopic (exact) mass is 376 g/mol. The molecule has 1 saturated heterocycles. The molecule has 0 bridgehead atoms. The van der Waals surface area contributed by atoms with Crippen molar-refractivity contribution in [2.45, 2.75) is 26.2 Å². The molecule has 0 saturated carbocycles. The van der Waals surface area contributed by atoms with Gasteiger partial charge >= 0.3 is 31.5 Å². The van der Waals surface area contributed by atoms with Crippen LogP contribution in [0.1, 0.15) is 0 Å². The van der Waals surface area contributed by atoms with E-state index in [1.807, 2.05) is 0 Å². The van der Waals surface area contributed by atoms with Crippen molar-refractivity contribution in [2.75, 3.05) is 0 Å². The predicted molar refractivity (Wildman–Crippen MR) is 74.2 cm³/mol. The molecule has 1 heterocycles. The molecule has 0 amide bonds. The molecule has 0 spiro atoms. The lowest BCUT2D eigenvalue weighted by Crippen LogP contribution is -2.61. The van der Waals surface area contributed by atoms with Gasteiger partial charge in [0.1, 0.15) is 0 Å². The lowest BCUT2D eigenvalue weighted by molar-refractivity contribution is 0.271. The molecule has 16 heavy (non-hydrogen) atoms. The summed E-state index contributed by atoms with van der Waals surface area (Å²) in [5.41, 5.74) is 0. The topological polar surface area (TPSA) is 36.9 Å². The summed E-state index contributed by atoms with van der Waals surface area (Å²) in [4.78, 5) is 0. The average molecular weight is 378 g/mol. The lowest BCUT2D eigenvalue weighted by Gasteiger charge is -2.41. The second kappa shape index (κ2) is 4.76. The highest BCUT2D eigenvalue weighted by atomic mass is 35.6. The fourth-order valence-corrected chi connectivity index (χ4v) is 26.0. The Balaban J connectivity index is 2.98. The van der Waals surface area contributed by atoms with Crippen molar-refractivity contribution in [3.63, 3.8) is 0 Å². The zero-order chi connectivity index (χ0) is 12.8. The van der Waals surface area contributed by atoms with Crippen molar-refractivity contribution >= 4 is 75.8 Å². The minimum Gasteiger partial charge on any atom is -0.392 e.